The van der Waals surface area contributed by atoms with Crippen molar-refractivity contribution in [2.75, 3.05) is 18.4 Å². The number of benzene rings is 1. The van der Waals surface area contributed by atoms with Crippen molar-refractivity contribution >= 4 is 22.6 Å². The molecule has 0 aliphatic carbocycles. The summed E-state index contributed by atoms with van der Waals surface area (Å²) < 4.78 is 2.10. The van der Waals surface area contributed by atoms with Crippen LogP contribution in [0.25, 0.3) is 10.9 Å². The van der Waals surface area contributed by atoms with Gasteiger partial charge in [0.15, 0.2) is 0 Å². The minimum absolute atomic E-state index is 0.0739. The van der Waals surface area contributed by atoms with Crippen LogP contribution in [-0.2, 0) is 0 Å². The number of anilines is 1. The molecular weight excluding hydrogens is 314 g/mol. The Bertz CT molecular complexity index is 871. The van der Waals surface area contributed by atoms with Crippen molar-refractivity contribution in [3.63, 3.8) is 0 Å². The largest absolute Gasteiger partial charge is 0.332 e. The van der Waals surface area contributed by atoms with Crippen LogP contribution in [0, 0.1) is 5.92 Å². The number of nitrogens with zero attached hydrogens (tertiary/aromatic N) is 4. The van der Waals surface area contributed by atoms with Crippen molar-refractivity contribution in [2.45, 2.75) is 19.4 Å². The molecule has 0 radical (unpaired) electrons. The van der Waals surface area contributed by atoms with E-state index in [1.165, 1.54) is 0 Å². The van der Waals surface area contributed by atoms with Crippen molar-refractivity contribution in [3.05, 3.63) is 55.2 Å². The molecule has 2 atom stereocenters. The molecule has 0 bridgehead atoms. The van der Waals surface area contributed by atoms with E-state index in [9.17, 15) is 4.79 Å². The first-order valence-electron chi connectivity index (χ1n) is 8.59. The van der Waals surface area contributed by atoms with Crippen LogP contribution in [0.3, 0.4) is 0 Å². The maximum atomic E-state index is 12.8. The molecule has 2 unspecified atom stereocenters. The van der Waals surface area contributed by atoms with Crippen LogP contribution in [0.4, 0.5) is 10.5 Å². The molecule has 1 N–H and O–H groups in total. The number of piperidine rings is 1. The number of fused-ring (bicyclic) bond motifs is 1. The summed E-state index contributed by atoms with van der Waals surface area (Å²) in [7, 11) is 0. The first kappa shape index (κ1) is 15.6. The number of carbonyl (C=O) groups excluding carboxylic acids is 1. The molecule has 1 aliphatic rings. The molecule has 1 aliphatic heterocycles. The molecule has 4 rings (SSSR count). The van der Waals surface area contributed by atoms with Crippen molar-refractivity contribution in [1.82, 2.24) is 19.4 Å². The highest BCUT2D eigenvalue weighted by Crippen LogP contribution is 2.28. The molecule has 6 nitrogen and oxygen atoms in total. The number of likely N-dealkylation sites (tertiary alicyclic amines) is 1. The van der Waals surface area contributed by atoms with Crippen LogP contribution in [0.2, 0.25) is 0 Å². The lowest BCUT2D eigenvalue weighted by atomic mass is 9.93. The maximum absolute atomic E-state index is 12.8. The van der Waals surface area contributed by atoms with Gasteiger partial charge < -0.3 is 14.8 Å². The fourth-order valence-electron chi connectivity index (χ4n) is 3.49. The number of hydrogen-bond donors (Lipinski definition) is 1. The van der Waals surface area contributed by atoms with Gasteiger partial charge in [-0.3, -0.25) is 4.98 Å². The second-order valence-electron chi connectivity index (χ2n) is 6.60. The van der Waals surface area contributed by atoms with Gasteiger partial charge in [-0.1, -0.05) is 25.1 Å². The number of amides is 2. The van der Waals surface area contributed by atoms with Crippen molar-refractivity contribution in [2.24, 2.45) is 5.92 Å². The van der Waals surface area contributed by atoms with Gasteiger partial charge in [0.25, 0.3) is 0 Å². The quantitative estimate of drug-likeness (QED) is 0.779. The second-order valence-corrected chi connectivity index (χ2v) is 6.60. The lowest BCUT2D eigenvalue weighted by molar-refractivity contribution is 0.149. The summed E-state index contributed by atoms with van der Waals surface area (Å²) in [5.41, 5.74) is 1.57. The van der Waals surface area contributed by atoms with Crippen LogP contribution in [-0.4, -0.2) is 38.6 Å². The van der Waals surface area contributed by atoms with Gasteiger partial charge in [-0.25, -0.2) is 9.78 Å². The van der Waals surface area contributed by atoms with E-state index < -0.39 is 0 Å². The normalized spacial score (nSPS) is 20.6. The van der Waals surface area contributed by atoms with E-state index in [2.05, 4.69) is 26.8 Å². The number of hydrogen-bond acceptors (Lipinski definition) is 3. The Kier molecular flexibility index (Phi) is 4.09. The van der Waals surface area contributed by atoms with Gasteiger partial charge in [0, 0.05) is 37.1 Å². The third-order valence-corrected chi connectivity index (χ3v) is 4.99. The summed E-state index contributed by atoms with van der Waals surface area (Å²) in [6, 6.07) is 9.91. The van der Waals surface area contributed by atoms with Crippen LogP contribution in [0.1, 0.15) is 19.4 Å². The van der Waals surface area contributed by atoms with E-state index in [1.807, 2.05) is 47.8 Å². The van der Waals surface area contributed by atoms with E-state index in [4.69, 9.17) is 0 Å². The first-order valence-corrected chi connectivity index (χ1v) is 8.59. The Morgan fingerprint density at radius 2 is 2.12 bits per heavy atom. The van der Waals surface area contributed by atoms with E-state index in [0.717, 1.165) is 29.6 Å². The summed E-state index contributed by atoms with van der Waals surface area (Å²) >= 11 is 0. The monoisotopic (exact) mass is 335 g/mol. The summed E-state index contributed by atoms with van der Waals surface area (Å²) in [6.07, 6.45) is 8.31. The van der Waals surface area contributed by atoms with E-state index in [-0.39, 0.29) is 12.1 Å². The van der Waals surface area contributed by atoms with Crippen molar-refractivity contribution < 1.29 is 4.79 Å². The maximum Gasteiger partial charge on any atom is 0.321 e. The molecule has 128 valence electrons. The van der Waals surface area contributed by atoms with Gasteiger partial charge in [0.2, 0.25) is 0 Å². The number of para-hydroxylation sites is 1. The number of carbonyl (C=O) groups is 1. The molecule has 25 heavy (non-hydrogen) atoms. The minimum Gasteiger partial charge on any atom is -0.332 e. The Labute approximate surface area is 146 Å². The Hall–Kier alpha value is -2.89. The molecule has 1 aromatic carbocycles. The highest BCUT2D eigenvalue weighted by Gasteiger charge is 2.30. The molecule has 2 amide bonds. The Balaban J connectivity index is 1.53. The van der Waals surface area contributed by atoms with E-state index >= 15 is 0 Å². The molecule has 0 saturated carbocycles. The number of aromatic nitrogens is 3. The van der Waals surface area contributed by atoms with Gasteiger partial charge in [-0.15, -0.1) is 0 Å². The highest BCUT2D eigenvalue weighted by molar-refractivity contribution is 5.99. The van der Waals surface area contributed by atoms with Crippen LogP contribution >= 0.6 is 0 Å². The van der Waals surface area contributed by atoms with Gasteiger partial charge in [0.1, 0.15) is 0 Å². The SMILES string of the molecule is CC1CCN(C(=O)Nc2cccc3cccnc23)CC1n1ccnc1. The summed E-state index contributed by atoms with van der Waals surface area (Å²) in [5.74, 6) is 0.512. The number of imidazole rings is 1. The smallest absolute Gasteiger partial charge is 0.321 e. The summed E-state index contributed by atoms with van der Waals surface area (Å²) in [5, 5.41) is 4.05. The molecule has 2 aromatic heterocycles. The topological polar surface area (TPSA) is 63.1 Å². The summed E-state index contributed by atoms with van der Waals surface area (Å²) in [6.45, 7) is 3.67. The fraction of sp³-hybridized carbons (Fsp3) is 0.316. The van der Waals surface area contributed by atoms with Gasteiger partial charge in [0.05, 0.1) is 23.6 Å². The molecule has 6 heteroatoms. The number of pyridine rings is 1. The van der Waals surface area contributed by atoms with E-state index in [1.54, 1.807) is 12.4 Å². The Morgan fingerprint density at radius 3 is 2.96 bits per heavy atom. The lowest BCUT2D eigenvalue weighted by Crippen LogP contribution is -2.45. The molecular formula is C19H21N5O. The number of rotatable bonds is 2. The highest BCUT2D eigenvalue weighted by atomic mass is 16.2. The van der Waals surface area contributed by atoms with Crippen LogP contribution in [0.5, 0.6) is 0 Å². The fourth-order valence-corrected chi connectivity index (χ4v) is 3.49. The molecule has 1 fully saturated rings. The molecule has 3 aromatic rings. The standard InChI is InChI=1S/C19H21N5O/c1-14-7-10-23(12-17(14)24-11-9-20-13-24)19(25)22-16-6-2-4-15-5-3-8-21-18(15)16/h2-6,8-9,11,13-14,17H,7,10,12H2,1H3,(H,22,25). The second kappa shape index (κ2) is 6.55. The average Bonchev–Trinajstić information content (AvgIpc) is 3.17. The summed E-state index contributed by atoms with van der Waals surface area (Å²) in [4.78, 5) is 23.2. The molecule has 1 saturated heterocycles. The molecule has 3 heterocycles. The van der Waals surface area contributed by atoms with Crippen molar-refractivity contribution in [3.8, 4) is 0 Å². The van der Waals surface area contributed by atoms with E-state index in [0.29, 0.717) is 12.5 Å². The van der Waals surface area contributed by atoms with Crippen molar-refractivity contribution in [1.29, 1.82) is 0 Å². The van der Waals surface area contributed by atoms with Crippen LogP contribution < -0.4 is 5.32 Å². The first-order chi connectivity index (χ1) is 12.2. The molecule has 0 spiro atoms. The van der Waals surface area contributed by atoms with Crippen LogP contribution in [0.15, 0.2) is 55.2 Å². The number of urea groups is 1. The predicted molar refractivity (Wildman–Crippen MR) is 97.4 cm³/mol. The third kappa shape index (κ3) is 3.07. The lowest BCUT2D eigenvalue weighted by Gasteiger charge is -2.37. The third-order valence-electron chi connectivity index (χ3n) is 4.99. The van der Waals surface area contributed by atoms with Gasteiger partial charge in [-0.05, 0) is 24.5 Å². The zero-order valence-electron chi connectivity index (χ0n) is 14.2. The average molecular weight is 335 g/mol. The van der Waals surface area contributed by atoms with Gasteiger partial charge in [-0.2, -0.15) is 0 Å². The zero-order valence-corrected chi connectivity index (χ0v) is 14.2. The zero-order chi connectivity index (χ0) is 17.2. The predicted octanol–water partition coefficient (Wildman–Crippen LogP) is 3.55. The Morgan fingerprint density at radius 1 is 1.24 bits per heavy atom. The van der Waals surface area contributed by atoms with Gasteiger partial charge >= 0.3 is 6.03 Å². The minimum atomic E-state index is -0.0739. The number of nitrogens with one attached hydrogen (secondary N) is 1.